The van der Waals surface area contributed by atoms with Crippen molar-refractivity contribution in [3.8, 4) is 5.69 Å². The largest absolute Gasteiger partial charge is 0.323 e. The summed E-state index contributed by atoms with van der Waals surface area (Å²) in [6, 6.07) is 10.5. The fourth-order valence-electron chi connectivity index (χ4n) is 3.38. The van der Waals surface area contributed by atoms with Crippen LogP contribution in [0.2, 0.25) is 0 Å². The molecule has 158 valence electrons. The first-order valence-electron chi connectivity index (χ1n) is 9.46. The number of halogens is 1. The van der Waals surface area contributed by atoms with Crippen molar-refractivity contribution in [1.82, 2.24) is 29.3 Å². The quantitative estimate of drug-likeness (QED) is 0.445. The van der Waals surface area contributed by atoms with Crippen LogP contribution in [0.25, 0.3) is 27.6 Å². The van der Waals surface area contributed by atoms with Gasteiger partial charge in [0.25, 0.3) is 11.1 Å². The lowest BCUT2D eigenvalue weighted by Crippen LogP contribution is -2.28. The number of amides is 1. The third-order valence-electron chi connectivity index (χ3n) is 4.88. The Morgan fingerprint density at radius 1 is 1.09 bits per heavy atom. The highest BCUT2D eigenvalue weighted by atomic mass is 19.1. The van der Waals surface area contributed by atoms with Gasteiger partial charge in [0.2, 0.25) is 5.91 Å². The van der Waals surface area contributed by atoms with Gasteiger partial charge in [-0.15, -0.1) is 0 Å². The molecule has 0 aliphatic carbocycles. The van der Waals surface area contributed by atoms with E-state index in [1.54, 1.807) is 24.3 Å². The van der Waals surface area contributed by atoms with E-state index in [0.29, 0.717) is 27.9 Å². The molecular formula is C21H14FN7O3. The molecule has 0 radical (unpaired) electrons. The lowest BCUT2D eigenvalue weighted by atomic mass is 10.2. The van der Waals surface area contributed by atoms with Gasteiger partial charge in [-0.3, -0.25) is 19.0 Å². The van der Waals surface area contributed by atoms with Crippen molar-refractivity contribution in [3.05, 3.63) is 87.8 Å². The van der Waals surface area contributed by atoms with Crippen LogP contribution in [0.5, 0.6) is 0 Å². The van der Waals surface area contributed by atoms with Crippen molar-refractivity contribution in [1.29, 1.82) is 0 Å². The number of H-pyrrole nitrogens is 1. The van der Waals surface area contributed by atoms with Gasteiger partial charge in [0.05, 0.1) is 41.1 Å². The van der Waals surface area contributed by atoms with E-state index in [2.05, 4.69) is 25.4 Å². The van der Waals surface area contributed by atoms with E-state index in [-0.39, 0.29) is 17.5 Å². The number of aromatic amines is 1. The monoisotopic (exact) mass is 431 g/mol. The van der Waals surface area contributed by atoms with Crippen LogP contribution in [0.3, 0.4) is 0 Å². The number of aromatic nitrogens is 6. The molecule has 3 heterocycles. The minimum Gasteiger partial charge on any atom is -0.323 e. The summed E-state index contributed by atoms with van der Waals surface area (Å²) >= 11 is 0. The van der Waals surface area contributed by atoms with Crippen LogP contribution in [0.4, 0.5) is 10.1 Å². The number of carbonyl (C=O) groups is 1. The zero-order valence-electron chi connectivity index (χ0n) is 16.3. The van der Waals surface area contributed by atoms with E-state index < -0.39 is 17.3 Å². The number of carbonyl (C=O) groups excluding carboxylic acids is 1. The summed E-state index contributed by atoms with van der Waals surface area (Å²) in [5, 5.41) is 7.34. The molecule has 5 rings (SSSR count). The Kier molecular flexibility index (Phi) is 4.55. The Balaban J connectivity index is 1.47. The molecule has 0 saturated heterocycles. The van der Waals surface area contributed by atoms with E-state index in [4.69, 9.17) is 0 Å². The standard InChI is InChI=1S/C21H14FN7O3/c22-12-5-6-15-13(7-12)21(32)28(11-25-15)9-18(30)27-16-3-1-2-4-17(16)29-19-14(8-26-29)20(31)24-10-23-19/h1-8,10-11H,9H2,(H,27,30)(H,23,24,31). The van der Waals surface area contributed by atoms with Gasteiger partial charge in [0.1, 0.15) is 17.7 Å². The molecule has 2 N–H and O–H groups in total. The van der Waals surface area contributed by atoms with Gasteiger partial charge in [-0.05, 0) is 30.3 Å². The first-order valence-corrected chi connectivity index (χ1v) is 9.46. The average molecular weight is 431 g/mol. The Bertz CT molecular complexity index is 1620. The molecule has 0 bridgehead atoms. The number of hydrogen-bond donors (Lipinski definition) is 2. The fourth-order valence-corrected chi connectivity index (χ4v) is 3.38. The molecule has 0 saturated carbocycles. The van der Waals surface area contributed by atoms with Gasteiger partial charge >= 0.3 is 0 Å². The second-order valence-electron chi connectivity index (χ2n) is 6.93. The minimum absolute atomic E-state index is 0.0833. The van der Waals surface area contributed by atoms with Gasteiger partial charge in [-0.1, -0.05) is 12.1 Å². The van der Waals surface area contributed by atoms with Crippen molar-refractivity contribution in [2.45, 2.75) is 6.54 Å². The summed E-state index contributed by atoms with van der Waals surface area (Å²) < 4.78 is 16.1. The number of fused-ring (bicyclic) bond motifs is 2. The van der Waals surface area contributed by atoms with E-state index >= 15 is 0 Å². The second-order valence-corrected chi connectivity index (χ2v) is 6.93. The smallest absolute Gasteiger partial charge is 0.261 e. The fraction of sp³-hybridized carbons (Fsp3) is 0.0476. The van der Waals surface area contributed by atoms with Crippen molar-refractivity contribution < 1.29 is 9.18 Å². The summed E-state index contributed by atoms with van der Waals surface area (Å²) in [5.41, 5.74) is 0.693. The molecule has 10 nitrogen and oxygen atoms in total. The average Bonchev–Trinajstić information content (AvgIpc) is 3.22. The molecule has 3 aromatic heterocycles. The van der Waals surface area contributed by atoms with Crippen LogP contribution in [0.15, 0.2) is 70.9 Å². The van der Waals surface area contributed by atoms with E-state index in [9.17, 15) is 18.8 Å². The first-order chi connectivity index (χ1) is 15.5. The topological polar surface area (TPSA) is 128 Å². The molecule has 0 atom stereocenters. The summed E-state index contributed by atoms with van der Waals surface area (Å²) in [7, 11) is 0. The predicted octanol–water partition coefficient (Wildman–Crippen LogP) is 1.60. The zero-order chi connectivity index (χ0) is 22.2. The molecule has 11 heteroatoms. The number of rotatable bonds is 4. The Morgan fingerprint density at radius 3 is 2.81 bits per heavy atom. The van der Waals surface area contributed by atoms with Gasteiger partial charge in [-0.25, -0.2) is 19.0 Å². The van der Waals surface area contributed by atoms with Crippen LogP contribution in [-0.4, -0.2) is 35.2 Å². The third-order valence-corrected chi connectivity index (χ3v) is 4.88. The van der Waals surface area contributed by atoms with Crippen LogP contribution in [0, 0.1) is 5.82 Å². The number of hydrogen-bond acceptors (Lipinski definition) is 6. The maximum atomic E-state index is 13.5. The molecular weight excluding hydrogens is 417 g/mol. The van der Waals surface area contributed by atoms with Gasteiger partial charge in [0.15, 0.2) is 5.65 Å². The summed E-state index contributed by atoms with van der Waals surface area (Å²) in [4.78, 5) is 48.0. The van der Waals surface area contributed by atoms with Gasteiger partial charge in [0, 0.05) is 0 Å². The van der Waals surface area contributed by atoms with Gasteiger partial charge in [-0.2, -0.15) is 5.10 Å². The Hall–Kier alpha value is -4.67. The maximum Gasteiger partial charge on any atom is 0.261 e. The lowest BCUT2D eigenvalue weighted by Gasteiger charge is -2.12. The highest BCUT2D eigenvalue weighted by molar-refractivity contribution is 5.93. The first kappa shape index (κ1) is 19.3. The highest BCUT2D eigenvalue weighted by Gasteiger charge is 2.15. The molecule has 2 aromatic carbocycles. The second kappa shape index (κ2) is 7.54. The zero-order valence-corrected chi connectivity index (χ0v) is 16.3. The van der Waals surface area contributed by atoms with Crippen LogP contribution in [-0.2, 0) is 11.3 Å². The summed E-state index contributed by atoms with van der Waals surface area (Å²) in [6.45, 7) is -0.329. The molecule has 32 heavy (non-hydrogen) atoms. The Labute approximate surface area is 178 Å². The normalized spacial score (nSPS) is 11.2. The SMILES string of the molecule is O=C(Cn1cnc2ccc(F)cc2c1=O)Nc1ccccc1-n1ncc2c(=O)[nH]cnc21. The number of benzene rings is 2. The molecule has 1 amide bonds. The summed E-state index contributed by atoms with van der Waals surface area (Å²) in [6.07, 6.45) is 3.90. The maximum absolute atomic E-state index is 13.5. The van der Waals surface area contributed by atoms with Crippen molar-refractivity contribution in [3.63, 3.8) is 0 Å². The molecule has 0 unspecified atom stereocenters. The van der Waals surface area contributed by atoms with Gasteiger partial charge < -0.3 is 10.3 Å². The summed E-state index contributed by atoms with van der Waals surface area (Å²) in [5.74, 6) is -1.06. The van der Waals surface area contributed by atoms with E-state index in [1.807, 2.05) is 0 Å². The predicted molar refractivity (Wildman–Crippen MR) is 114 cm³/mol. The molecule has 0 fully saturated rings. The lowest BCUT2D eigenvalue weighted by molar-refractivity contribution is -0.116. The highest BCUT2D eigenvalue weighted by Crippen LogP contribution is 2.22. The van der Waals surface area contributed by atoms with Crippen LogP contribution >= 0.6 is 0 Å². The van der Waals surface area contributed by atoms with Crippen LogP contribution in [0.1, 0.15) is 0 Å². The van der Waals surface area contributed by atoms with E-state index in [0.717, 1.165) is 10.6 Å². The molecule has 0 spiro atoms. The van der Waals surface area contributed by atoms with Crippen molar-refractivity contribution in [2.75, 3.05) is 5.32 Å². The molecule has 0 aliphatic rings. The number of para-hydroxylation sites is 2. The Morgan fingerprint density at radius 2 is 1.94 bits per heavy atom. The van der Waals surface area contributed by atoms with Crippen LogP contribution < -0.4 is 16.4 Å². The minimum atomic E-state index is -0.563. The third kappa shape index (κ3) is 3.31. The van der Waals surface area contributed by atoms with Crippen molar-refractivity contribution in [2.24, 2.45) is 0 Å². The molecule has 0 aliphatic heterocycles. The molecule has 5 aromatic rings. The van der Waals surface area contributed by atoms with E-state index in [1.165, 1.54) is 35.7 Å². The number of nitrogens with zero attached hydrogens (tertiary/aromatic N) is 5. The number of nitrogens with one attached hydrogen (secondary N) is 2. The van der Waals surface area contributed by atoms with Crippen molar-refractivity contribution >= 4 is 33.5 Å². The number of anilines is 1.